The highest BCUT2D eigenvalue weighted by atomic mass is 19.2. The van der Waals surface area contributed by atoms with Gasteiger partial charge < -0.3 is 14.9 Å². The maximum absolute atomic E-state index is 13.0. The fourth-order valence-electron chi connectivity index (χ4n) is 3.56. The molecule has 1 aromatic carbocycles. The summed E-state index contributed by atoms with van der Waals surface area (Å²) in [6, 6.07) is 3.42. The van der Waals surface area contributed by atoms with Crippen molar-refractivity contribution in [2.75, 3.05) is 7.11 Å². The standard InChI is InChI=1S/C15H25N.C12H14F2O2.CH4O/c1-6-9-12-16-14(5)15(11-8-3)13(4)10-7-2;1-7-2-5-11(16-7)12(15)8-3-4-9(13)10(14)6-8;1-2/h8-9,11-12H,6-7,10H2,1-5H3;3-4,6-7,11-12,15H,2,5H2,1H3;2H,1H3/b11-8-,12-9+,15-13+,16-14+;;. The number of hydrogen-bond acceptors (Lipinski definition) is 4. The summed E-state index contributed by atoms with van der Waals surface area (Å²) in [7, 11) is 1.00. The molecule has 0 aromatic heterocycles. The number of halogens is 2. The van der Waals surface area contributed by atoms with Gasteiger partial charge in [0.15, 0.2) is 11.6 Å². The molecule has 6 heteroatoms. The lowest BCUT2D eigenvalue weighted by atomic mass is 10.0. The van der Waals surface area contributed by atoms with Crippen molar-refractivity contribution >= 4 is 5.71 Å². The Morgan fingerprint density at radius 2 is 1.85 bits per heavy atom. The molecule has 1 aromatic rings. The van der Waals surface area contributed by atoms with E-state index in [0.717, 1.165) is 50.6 Å². The number of aliphatic hydroxyl groups excluding tert-OH is 2. The van der Waals surface area contributed by atoms with Crippen LogP contribution >= 0.6 is 0 Å². The Morgan fingerprint density at radius 1 is 1.18 bits per heavy atom. The van der Waals surface area contributed by atoms with Crippen molar-refractivity contribution in [3.63, 3.8) is 0 Å². The van der Waals surface area contributed by atoms with Gasteiger partial charge in [-0.2, -0.15) is 0 Å². The van der Waals surface area contributed by atoms with Crippen LogP contribution in [-0.4, -0.2) is 35.2 Å². The van der Waals surface area contributed by atoms with Gasteiger partial charge in [0.25, 0.3) is 0 Å². The molecule has 1 heterocycles. The van der Waals surface area contributed by atoms with Gasteiger partial charge >= 0.3 is 0 Å². The van der Waals surface area contributed by atoms with Crippen LogP contribution in [0.15, 0.2) is 58.8 Å². The first-order valence-corrected chi connectivity index (χ1v) is 12.0. The van der Waals surface area contributed by atoms with E-state index < -0.39 is 17.7 Å². The maximum atomic E-state index is 13.0. The number of aliphatic hydroxyl groups is 2. The molecule has 0 spiro atoms. The second kappa shape index (κ2) is 18.2. The van der Waals surface area contributed by atoms with E-state index in [1.807, 2.05) is 20.0 Å². The van der Waals surface area contributed by atoms with Crippen LogP contribution in [0.5, 0.6) is 0 Å². The van der Waals surface area contributed by atoms with Crippen molar-refractivity contribution in [2.24, 2.45) is 4.99 Å². The van der Waals surface area contributed by atoms with E-state index in [-0.39, 0.29) is 12.2 Å². The Hall–Kier alpha value is -2.15. The minimum absolute atomic E-state index is 0.116. The summed E-state index contributed by atoms with van der Waals surface area (Å²) in [5.41, 5.74) is 4.17. The average molecular weight is 480 g/mol. The number of nitrogens with zero attached hydrogens (tertiary/aromatic N) is 1. The second-order valence-corrected chi connectivity index (χ2v) is 8.13. The predicted octanol–water partition coefficient (Wildman–Crippen LogP) is 7.24. The number of hydrogen-bond donors (Lipinski definition) is 2. The van der Waals surface area contributed by atoms with Crippen molar-refractivity contribution in [2.45, 2.75) is 92.0 Å². The molecule has 0 aliphatic carbocycles. The van der Waals surface area contributed by atoms with E-state index in [1.165, 1.54) is 23.6 Å². The summed E-state index contributed by atoms with van der Waals surface area (Å²) in [4.78, 5) is 4.46. The molecule has 1 fully saturated rings. The van der Waals surface area contributed by atoms with Gasteiger partial charge in [-0.25, -0.2) is 8.78 Å². The Kier molecular flexibility index (Phi) is 17.1. The third-order valence-corrected chi connectivity index (χ3v) is 5.32. The molecule has 1 saturated heterocycles. The van der Waals surface area contributed by atoms with E-state index in [1.54, 1.807) is 0 Å². The van der Waals surface area contributed by atoms with Crippen molar-refractivity contribution in [3.05, 3.63) is 71.0 Å². The Balaban J connectivity index is 0.000000597. The van der Waals surface area contributed by atoms with Crippen LogP contribution in [0.25, 0.3) is 0 Å². The number of ether oxygens (including phenoxy) is 1. The molecule has 2 rings (SSSR count). The Morgan fingerprint density at radius 3 is 2.35 bits per heavy atom. The van der Waals surface area contributed by atoms with Crippen LogP contribution in [0.2, 0.25) is 0 Å². The maximum Gasteiger partial charge on any atom is 0.159 e. The third kappa shape index (κ3) is 11.3. The molecule has 0 amide bonds. The van der Waals surface area contributed by atoms with Crippen LogP contribution in [0, 0.1) is 11.6 Å². The molecule has 0 saturated carbocycles. The van der Waals surface area contributed by atoms with E-state index in [0.29, 0.717) is 5.56 Å². The minimum Gasteiger partial charge on any atom is -0.400 e. The van der Waals surface area contributed by atoms with Crippen LogP contribution < -0.4 is 0 Å². The summed E-state index contributed by atoms with van der Waals surface area (Å²) in [5, 5.41) is 16.9. The summed E-state index contributed by atoms with van der Waals surface area (Å²) in [6.45, 7) is 12.6. The van der Waals surface area contributed by atoms with Crippen LogP contribution in [-0.2, 0) is 4.74 Å². The van der Waals surface area contributed by atoms with Gasteiger partial charge in [0.2, 0.25) is 0 Å². The van der Waals surface area contributed by atoms with E-state index in [9.17, 15) is 13.9 Å². The molecule has 0 radical (unpaired) electrons. The monoisotopic (exact) mass is 479 g/mol. The Labute approximate surface area is 204 Å². The summed E-state index contributed by atoms with van der Waals surface area (Å²) in [5.74, 6) is -1.85. The van der Waals surface area contributed by atoms with Crippen LogP contribution in [0.4, 0.5) is 8.78 Å². The largest absolute Gasteiger partial charge is 0.400 e. The summed E-state index contributed by atoms with van der Waals surface area (Å²) in [6.07, 6.45) is 12.1. The molecule has 3 atom stereocenters. The SMILES string of the molecule is CC1CCC(C(O)c2ccc(F)c(F)c2)O1.CO.C\C=C/C(C(/C)=N/C=C/CC)=C(/C)CCC. The lowest BCUT2D eigenvalue weighted by molar-refractivity contribution is -0.0298. The molecule has 3 unspecified atom stereocenters. The summed E-state index contributed by atoms with van der Waals surface area (Å²) < 4.78 is 31.2. The summed E-state index contributed by atoms with van der Waals surface area (Å²) >= 11 is 0. The number of benzene rings is 1. The Bertz CT molecular complexity index is 831. The second-order valence-electron chi connectivity index (χ2n) is 8.13. The van der Waals surface area contributed by atoms with Gasteiger partial charge in [0.1, 0.15) is 6.10 Å². The highest BCUT2D eigenvalue weighted by Gasteiger charge is 2.29. The quantitative estimate of drug-likeness (QED) is 0.305. The lowest BCUT2D eigenvalue weighted by Crippen LogP contribution is -2.18. The molecule has 192 valence electrons. The smallest absolute Gasteiger partial charge is 0.159 e. The zero-order valence-corrected chi connectivity index (χ0v) is 21.8. The van der Waals surface area contributed by atoms with Gasteiger partial charge in [-0.05, 0) is 76.6 Å². The van der Waals surface area contributed by atoms with Crippen molar-refractivity contribution in [3.8, 4) is 0 Å². The zero-order chi connectivity index (χ0) is 26.1. The van der Waals surface area contributed by atoms with Gasteiger partial charge in [-0.15, -0.1) is 0 Å². The van der Waals surface area contributed by atoms with E-state index in [4.69, 9.17) is 9.84 Å². The lowest BCUT2D eigenvalue weighted by Gasteiger charge is -2.18. The van der Waals surface area contributed by atoms with Gasteiger partial charge in [0.05, 0.1) is 12.2 Å². The van der Waals surface area contributed by atoms with E-state index in [2.05, 4.69) is 50.9 Å². The first-order chi connectivity index (χ1) is 16.2. The molecule has 1 aliphatic rings. The van der Waals surface area contributed by atoms with Crippen molar-refractivity contribution in [1.82, 2.24) is 0 Å². The zero-order valence-electron chi connectivity index (χ0n) is 21.8. The topological polar surface area (TPSA) is 62.0 Å². The van der Waals surface area contributed by atoms with Crippen LogP contribution in [0.3, 0.4) is 0 Å². The third-order valence-electron chi connectivity index (χ3n) is 5.32. The number of aliphatic imine (C=N–C) groups is 1. The first-order valence-electron chi connectivity index (χ1n) is 12.0. The minimum atomic E-state index is -0.942. The molecule has 34 heavy (non-hydrogen) atoms. The van der Waals surface area contributed by atoms with E-state index >= 15 is 0 Å². The van der Waals surface area contributed by atoms with Crippen LogP contribution in [0.1, 0.15) is 85.3 Å². The molecular formula is C28H43F2NO3. The number of rotatable bonds is 8. The molecular weight excluding hydrogens is 436 g/mol. The predicted molar refractivity (Wildman–Crippen MR) is 138 cm³/mol. The van der Waals surface area contributed by atoms with Gasteiger partial charge in [-0.1, -0.05) is 50.1 Å². The van der Waals surface area contributed by atoms with Crippen molar-refractivity contribution in [1.29, 1.82) is 0 Å². The fourth-order valence-corrected chi connectivity index (χ4v) is 3.56. The average Bonchev–Trinajstić information content (AvgIpc) is 3.27. The molecule has 2 N–H and O–H groups in total. The molecule has 4 nitrogen and oxygen atoms in total. The fraction of sp³-hybridized carbons (Fsp3) is 0.536. The highest BCUT2D eigenvalue weighted by Crippen LogP contribution is 2.30. The molecule has 0 bridgehead atoms. The normalized spacial score (nSPS) is 19.9. The molecule has 1 aliphatic heterocycles. The first kappa shape index (κ1) is 31.9. The van der Waals surface area contributed by atoms with Gasteiger partial charge in [0, 0.05) is 19.0 Å². The highest BCUT2D eigenvalue weighted by molar-refractivity contribution is 6.01. The number of allylic oxidation sites excluding steroid dienone is 5. The van der Waals surface area contributed by atoms with Crippen molar-refractivity contribution < 1.29 is 23.7 Å². The van der Waals surface area contributed by atoms with Gasteiger partial charge in [-0.3, -0.25) is 4.99 Å².